The Balaban J connectivity index is 2.49. The monoisotopic (exact) mass is 239 g/mol. The highest BCUT2D eigenvalue weighted by molar-refractivity contribution is 5.93. The molecule has 0 saturated heterocycles. The van der Waals surface area contributed by atoms with E-state index in [0.29, 0.717) is 0 Å². The average Bonchev–Trinajstić information content (AvgIpc) is 2.14. The van der Waals surface area contributed by atoms with Gasteiger partial charge < -0.3 is 10.1 Å². The number of alkyl carbamates (subject to hydrolysis) is 1. The lowest BCUT2D eigenvalue weighted by molar-refractivity contribution is -0.119. The van der Waals surface area contributed by atoms with Crippen LogP contribution in [0.1, 0.15) is 40.5 Å². The van der Waals surface area contributed by atoms with E-state index in [9.17, 15) is 9.59 Å². The smallest absolute Gasteiger partial charge is 0.407 e. The van der Waals surface area contributed by atoms with Crippen molar-refractivity contribution in [1.82, 2.24) is 5.32 Å². The van der Waals surface area contributed by atoms with Crippen LogP contribution in [0.3, 0.4) is 0 Å². The van der Waals surface area contributed by atoms with Gasteiger partial charge in [-0.25, -0.2) is 4.79 Å². The molecule has 1 aliphatic carbocycles. The van der Waals surface area contributed by atoms with Gasteiger partial charge >= 0.3 is 6.09 Å². The van der Waals surface area contributed by atoms with Crippen molar-refractivity contribution in [3.63, 3.8) is 0 Å². The van der Waals surface area contributed by atoms with Crippen molar-refractivity contribution in [2.24, 2.45) is 5.92 Å². The Bertz CT molecular complexity index is 328. The molecule has 96 valence electrons. The summed E-state index contributed by atoms with van der Waals surface area (Å²) in [7, 11) is 0. The number of rotatable bonds is 2. The Morgan fingerprint density at radius 1 is 1.53 bits per heavy atom. The van der Waals surface area contributed by atoms with Crippen LogP contribution in [0.25, 0.3) is 0 Å². The molecule has 4 heteroatoms. The van der Waals surface area contributed by atoms with Gasteiger partial charge in [-0.3, -0.25) is 4.79 Å². The van der Waals surface area contributed by atoms with Gasteiger partial charge in [-0.05, 0) is 46.6 Å². The van der Waals surface area contributed by atoms with Gasteiger partial charge in [0.15, 0.2) is 5.78 Å². The fourth-order valence-corrected chi connectivity index (χ4v) is 1.83. The third-order valence-electron chi connectivity index (χ3n) is 2.64. The first-order valence-electron chi connectivity index (χ1n) is 5.99. The lowest BCUT2D eigenvalue weighted by Crippen LogP contribution is -2.43. The van der Waals surface area contributed by atoms with Crippen molar-refractivity contribution < 1.29 is 14.3 Å². The van der Waals surface area contributed by atoms with Crippen LogP contribution in [0.4, 0.5) is 4.79 Å². The maximum Gasteiger partial charge on any atom is 0.407 e. The Morgan fingerprint density at radius 2 is 2.18 bits per heavy atom. The third kappa shape index (κ3) is 4.59. The number of ether oxygens (including phenoxy) is 1. The molecule has 2 atom stereocenters. The molecule has 0 bridgehead atoms. The predicted molar refractivity (Wildman–Crippen MR) is 65.7 cm³/mol. The minimum atomic E-state index is -0.514. The molecule has 17 heavy (non-hydrogen) atoms. The summed E-state index contributed by atoms with van der Waals surface area (Å²) in [5.74, 6) is -0.0488. The number of allylic oxidation sites excluding steroid dienone is 2. The molecule has 0 saturated carbocycles. The molecule has 4 nitrogen and oxygen atoms in total. The second-order valence-electron chi connectivity index (χ2n) is 5.42. The highest BCUT2D eigenvalue weighted by Gasteiger charge is 2.27. The van der Waals surface area contributed by atoms with Crippen molar-refractivity contribution >= 4 is 11.9 Å². The molecule has 1 N–H and O–H groups in total. The van der Waals surface area contributed by atoms with Gasteiger partial charge in [0.1, 0.15) is 5.60 Å². The maximum absolute atomic E-state index is 11.6. The summed E-state index contributed by atoms with van der Waals surface area (Å²) in [5.41, 5.74) is -0.514. The highest BCUT2D eigenvalue weighted by atomic mass is 16.6. The number of carbonyl (C=O) groups is 2. The van der Waals surface area contributed by atoms with Crippen LogP contribution < -0.4 is 5.32 Å². The molecular formula is C13H21NO3. The van der Waals surface area contributed by atoms with E-state index in [-0.39, 0.29) is 17.7 Å². The Hall–Kier alpha value is -1.32. The molecule has 1 amide bonds. The number of nitrogens with one attached hydrogen (secondary N) is 1. The van der Waals surface area contributed by atoms with Crippen LogP contribution >= 0.6 is 0 Å². The maximum atomic E-state index is 11.6. The molecule has 0 heterocycles. The summed E-state index contributed by atoms with van der Waals surface area (Å²) in [6, 6.07) is -0.192. The fraction of sp³-hybridized carbons (Fsp3) is 0.692. The summed E-state index contributed by atoms with van der Waals surface area (Å²) in [6.07, 6.45) is 4.68. The zero-order valence-corrected chi connectivity index (χ0v) is 10.9. The lowest BCUT2D eigenvalue weighted by Gasteiger charge is -2.26. The van der Waals surface area contributed by atoms with Crippen molar-refractivity contribution in [3.8, 4) is 0 Å². The van der Waals surface area contributed by atoms with Crippen LogP contribution in [0.2, 0.25) is 0 Å². The summed E-state index contributed by atoms with van der Waals surface area (Å²) >= 11 is 0. The molecule has 0 spiro atoms. The second-order valence-corrected chi connectivity index (χ2v) is 5.42. The predicted octanol–water partition coefficient (Wildman–Crippen LogP) is 2.43. The molecule has 0 radical (unpaired) electrons. The topological polar surface area (TPSA) is 55.4 Å². The van der Waals surface area contributed by atoms with E-state index in [2.05, 4.69) is 5.32 Å². The normalized spacial score (nSPS) is 22.1. The fourth-order valence-electron chi connectivity index (χ4n) is 1.83. The van der Waals surface area contributed by atoms with Gasteiger partial charge in [-0.1, -0.05) is 6.08 Å². The van der Waals surface area contributed by atoms with E-state index in [1.807, 2.05) is 33.8 Å². The van der Waals surface area contributed by atoms with E-state index in [4.69, 9.17) is 4.74 Å². The molecule has 2 unspecified atom stereocenters. The van der Waals surface area contributed by atoms with Gasteiger partial charge in [0.2, 0.25) is 0 Å². The average molecular weight is 239 g/mol. The Labute approximate surface area is 102 Å². The summed E-state index contributed by atoms with van der Waals surface area (Å²) in [4.78, 5) is 23.2. The zero-order chi connectivity index (χ0) is 13.1. The summed E-state index contributed by atoms with van der Waals surface area (Å²) in [6.45, 7) is 7.27. The lowest BCUT2D eigenvalue weighted by atomic mass is 9.87. The first kappa shape index (κ1) is 13.7. The summed E-state index contributed by atoms with van der Waals surface area (Å²) < 4.78 is 5.16. The minimum absolute atomic E-state index is 0.0832. The molecular weight excluding hydrogens is 218 g/mol. The van der Waals surface area contributed by atoms with Gasteiger partial charge in [0.05, 0.1) is 0 Å². The molecule has 1 aliphatic rings. The van der Waals surface area contributed by atoms with Crippen LogP contribution in [0.5, 0.6) is 0 Å². The van der Waals surface area contributed by atoms with E-state index < -0.39 is 11.7 Å². The number of hydrogen-bond donors (Lipinski definition) is 1. The van der Waals surface area contributed by atoms with Gasteiger partial charge in [-0.2, -0.15) is 0 Å². The molecule has 0 fully saturated rings. The standard InChI is InChI=1S/C13H21NO3/c1-9(10-7-5-6-8-11(10)15)14-12(16)17-13(2,3)4/h6,8-10H,5,7H2,1-4H3,(H,14,16). The second kappa shape index (κ2) is 5.34. The van der Waals surface area contributed by atoms with E-state index in [1.165, 1.54) is 0 Å². The molecule has 0 aromatic carbocycles. The minimum Gasteiger partial charge on any atom is -0.444 e. The molecule has 0 aromatic rings. The number of carbonyl (C=O) groups excluding carboxylic acids is 2. The first-order valence-corrected chi connectivity index (χ1v) is 5.99. The summed E-state index contributed by atoms with van der Waals surface area (Å²) in [5, 5.41) is 2.72. The highest BCUT2D eigenvalue weighted by Crippen LogP contribution is 2.19. The largest absolute Gasteiger partial charge is 0.444 e. The third-order valence-corrected chi connectivity index (χ3v) is 2.64. The first-order chi connectivity index (χ1) is 7.79. The van der Waals surface area contributed by atoms with Crippen molar-refractivity contribution in [2.75, 3.05) is 0 Å². The van der Waals surface area contributed by atoms with Crippen LogP contribution in [-0.4, -0.2) is 23.5 Å². The van der Waals surface area contributed by atoms with Gasteiger partial charge in [0, 0.05) is 12.0 Å². The van der Waals surface area contributed by atoms with Gasteiger partial charge in [0.25, 0.3) is 0 Å². The van der Waals surface area contributed by atoms with E-state index in [0.717, 1.165) is 12.8 Å². The van der Waals surface area contributed by atoms with Crippen LogP contribution in [0.15, 0.2) is 12.2 Å². The van der Waals surface area contributed by atoms with Crippen LogP contribution in [-0.2, 0) is 9.53 Å². The van der Waals surface area contributed by atoms with Crippen LogP contribution in [0, 0.1) is 5.92 Å². The molecule has 0 aliphatic heterocycles. The van der Waals surface area contributed by atoms with Crippen molar-refractivity contribution in [2.45, 2.75) is 52.2 Å². The molecule has 1 rings (SSSR count). The Morgan fingerprint density at radius 3 is 2.71 bits per heavy atom. The Kier molecular flexibility index (Phi) is 4.32. The van der Waals surface area contributed by atoms with E-state index >= 15 is 0 Å². The quantitative estimate of drug-likeness (QED) is 0.805. The van der Waals surface area contributed by atoms with E-state index in [1.54, 1.807) is 6.08 Å². The van der Waals surface area contributed by atoms with Crippen molar-refractivity contribution in [1.29, 1.82) is 0 Å². The zero-order valence-electron chi connectivity index (χ0n) is 10.9. The number of ketones is 1. The van der Waals surface area contributed by atoms with Crippen molar-refractivity contribution in [3.05, 3.63) is 12.2 Å². The molecule has 0 aromatic heterocycles. The van der Waals surface area contributed by atoms with Gasteiger partial charge in [-0.15, -0.1) is 0 Å². The SMILES string of the molecule is CC(NC(=O)OC(C)(C)C)C1CCC=CC1=O. The number of hydrogen-bond acceptors (Lipinski definition) is 3. The number of amides is 1.